The molecule has 0 amide bonds. The highest BCUT2D eigenvalue weighted by atomic mass is 127. The Morgan fingerprint density at radius 1 is 1.35 bits per heavy atom. The van der Waals surface area contributed by atoms with E-state index in [1.165, 1.54) is 0 Å². The molecule has 126 valence electrons. The van der Waals surface area contributed by atoms with Crippen LogP contribution in [0.5, 0.6) is 0 Å². The van der Waals surface area contributed by atoms with E-state index in [1.807, 2.05) is 25.4 Å². The minimum absolute atomic E-state index is 0. The second-order valence-corrected chi connectivity index (χ2v) is 6.09. The summed E-state index contributed by atoms with van der Waals surface area (Å²) in [6.45, 7) is 7.70. The largest absolute Gasteiger partial charge is 0.444 e. The van der Waals surface area contributed by atoms with Gasteiger partial charge in [-0.05, 0) is 13.8 Å². The monoisotopic (exact) mass is 448 g/mol. The molecule has 0 radical (unpaired) electrons. The summed E-state index contributed by atoms with van der Waals surface area (Å²) >= 11 is 1.66. The molecule has 9 heteroatoms. The molecule has 0 aromatic carbocycles. The standard InChI is InChI=1S/C14H20N6OS.HI/c1-10-11(2)21-12(18-10)9-17-13(15)19-4-6-20(7-5-19)14-16-3-8-22-14;/h3,8H,4-7,9H2,1-2H3,(H2,15,17);1H. The van der Waals surface area contributed by atoms with Crippen molar-refractivity contribution < 1.29 is 4.42 Å². The zero-order valence-corrected chi connectivity index (χ0v) is 16.4. The maximum Gasteiger partial charge on any atom is 0.216 e. The molecule has 0 unspecified atom stereocenters. The Hall–Kier alpha value is -1.36. The number of aryl methyl sites for hydroxylation is 2. The van der Waals surface area contributed by atoms with Crippen molar-refractivity contribution in [1.29, 1.82) is 0 Å². The number of rotatable bonds is 3. The summed E-state index contributed by atoms with van der Waals surface area (Å²) in [6, 6.07) is 0. The van der Waals surface area contributed by atoms with E-state index in [1.54, 1.807) is 11.3 Å². The molecule has 3 heterocycles. The van der Waals surface area contributed by atoms with E-state index in [0.717, 1.165) is 42.8 Å². The Bertz CT molecular complexity index is 629. The number of piperazine rings is 1. The van der Waals surface area contributed by atoms with Crippen LogP contribution in [0.15, 0.2) is 21.0 Å². The van der Waals surface area contributed by atoms with E-state index in [2.05, 4.69) is 24.8 Å². The highest BCUT2D eigenvalue weighted by Gasteiger charge is 2.19. The first-order valence-electron chi connectivity index (χ1n) is 7.25. The molecule has 2 aromatic rings. The van der Waals surface area contributed by atoms with Crippen LogP contribution >= 0.6 is 35.3 Å². The number of anilines is 1. The molecule has 2 N–H and O–H groups in total. The van der Waals surface area contributed by atoms with Crippen molar-refractivity contribution in [2.24, 2.45) is 10.7 Å². The minimum Gasteiger partial charge on any atom is -0.444 e. The number of nitrogens with two attached hydrogens (primary N) is 1. The van der Waals surface area contributed by atoms with E-state index >= 15 is 0 Å². The molecule has 0 aliphatic carbocycles. The van der Waals surface area contributed by atoms with Gasteiger partial charge in [0.2, 0.25) is 5.89 Å². The predicted octanol–water partition coefficient (Wildman–Crippen LogP) is 2.00. The second-order valence-electron chi connectivity index (χ2n) is 5.21. The number of thiazole rings is 1. The zero-order chi connectivity index (χ0) is 15.5. The molecule has 0 saturated carbocycles. The number of hydrogen-bond donors (Lipinski definition) is 1. The molecule has 1 aliphatic heterocycles. The fourth-order valence-corrected chi connectivity index (χ4v) is 3.05. The lowest BCUT2D eigenvalue weighted by atomic mass is 10.3. The Kier molecular flexibility index (Phi) is 6.22. The molecular formula is C14H21IN6OS. The van der Waals surface area contributed by atoms with Crippen LogP contribution in [0.3, 0.4) is 0 Å². The molecule has 1 fully saturated rings. The topological polar surface area (TPSA) is 83.8 Å². The van der Waals surface area contributed by atoms with Gasteiger partial charge in [0.15, 0.2) is 11.1 Å². The van der Waals surface area contributed by atoms with E-state index in [0.29, 0.717) is 18.4 Å². The van der Waals surface area contributed by atoms with Crippen molar-refractivity contribution in [3.05, 3.63) is 28.9 Å². The minimum atomic E-state index is 0. The molecule has 0 spiro atoms. The van der Waals surface area contributed by atoms with E-state index in [9.17, 15) is 0 Å². The van der Waals surface area contributed by atoms with Gasteiger partial charge in [-0.25, -0.2) is 15.0 Å². The van der Waals surface area contributed by atoms with Crippen LogP contribution in [-0.2, 0) is 6.54 Å². The summed E-state index contributed by atoms with van der Waals surface area (Å²) < 4.78 is 5.51. The van der Waals surface area contributed by atoms with Crippen molar-refractivity contribution in [2.45, 2.75) is 20.4 Å². The Morgan fingerprint density at radius 3 is 2.65 bits per heavy atom. The number of aromatic nitrogens is 2. The van der Waals surface area contributed by atoms with Gasteiger partial charge in [0.1, 0.15) is 12.3 Å². The predicted molar refractivity (Wildman–Crippen MR) is 103 cm³/mol. The zero-order valence-electron chi connectivity index (χ0n) is 13.2. The van der Waals surface area contributed by atoms with Gasteiger partial charge in [-0.15, -0.1) is 35.3 Å². The van der Waals surface area contributed by atoms with Gasteiger partial charge in [0.25, 0.3) is 0 Å². The molecular weight excluding hydrogens is 427 g/mol. The number of hydrogen-bond acceptors (Lipinski definition) is 6. The quantitative estimate of drug-likeness (QED) is 0.440. The summed E-state index contributed by atoms with van der Waals surface area (Å²) in [5, 5.41) is 3.07. The summed E-state index contributed by atoms with van der Waals surface area (Å²) in [4.78, 5) is 17.4. The molecule has 0 bridgehead atoms. The lowest BCUT2D eigenvalue weighted by molar-refractivity contribution is 0.379. The van der Waals surface area contributed by atoms with Crippen LogP contribution in [0.25, 0.3) is 0 Å². The summed E-state index contributed by atoms with van der Waals surface area (Å²) in [5.41, 5.74) is 6.98. The van der Waals surface area contributed by atoms with Crippen LogP contribution in [0.4, 0.5) is 5.13 Å². The van der Waals surface area contributed by atoms with Gasteiger partial charge in [-0.1, -0.05) is 0 Å². The lowest BCUT2D eigenvalue weighted by Crippen LogP contribution is -2.51. The van der Waals surface area contributed by atoms with Crippen molar-refractivity contribution >= 4 is 46.4 Å². The molecule has 2 aromatic heterocycles. The molecule has 7 nitrogen and oxygen atoms in total. The Labute approximate surface area is 156 Å². The number of halogens is 1. The van der Waals surface area contributed by atoms with Crippen molar-refractivity contribution in [1.82, 2.24) is 14.9 Å². The molecule has 23 heavy (non-hydrogen) atoms. The normalized spacial score (nSPS) is 15.7. The number of guanidine groups is 1. The fraction of sp³-hybridized carbons (Fsp3) is 0.500. The van der Waals surface area contributed by atoms with Crippen LogP contribution < -0.4 is 10.6 Å². The van der Waals surface area contributed by atoms with Crippen LogP contribution in [0.1, 0.15) is 17.3 Å². The smallest absolute Gasteiger partial charge is 0.216 e. The van der Waals surface area contributed by atoms with Gasteiger partial charge in [0.05, 0.1) is 5.69 Å². The third-order valence-corrected chi connectivity index (χ3v) is 4.57. The first-order valence-corrected chi connectivity index (χ1v) is 8.13. The maximum absolute atomic E-state index is 6.08. The van der Waals surface area contributed by atoms with Crippen molar-refractivity contribution in [3.63, 3.8) is 0 Å². The highest BCUT2D eigenvalue weighted by Crippen LogP contribution is 2.18. The van der Waals surface area contributed by atoms with E-state index in [4.69, 9.17) is 10.2 Å². The third-order valence-electron chi connectivity index (χ3n) is 3.74. The summed E-state index contributed by atoms with van der Waals surface area (Å²) in [7, 11) is 0. The number of oxazole rings is 1. The van der Waals surface area contributed by atoms with Gasteiger partial charge in [-0.2, -0.15) is 0 Å². The van der Waals surface area contributed by atoms with E-state index < -0.39 is 0 Å². The van der Waals surface area contributed by atoms with E-state index in [-0.39, 0.29) is 24.0 Å². The van der Waals surface area contributed by atoms with Crippen LogP contribution in [0, 0.1) is 13.8 Å². The van der Waals surface area contributed by atoms with Gasteiger partial charge in [0, 0.05) is 37.8 Å². The first-order chi connectivity index (χ1) is 10.6. The molecule has 1 saturated heterocycles. The van der Waals surface area contributed by atoms with Crippen LogP contribution in [-0.4, -0.2) is 47.0 Å². The second kappa shape index (κ2) is 7.95. The number of nitrogens with zero attached hydrogens (tertiary/aromatic N) is 5. The summed E-state index contributed by atoms with van der Waals surface area (Å²) in [6.07, 6.45) is 1.84. The maximum atomic E-state index is 6.08. The fourth-order valence-electron chi connectivity index (χ4n) is 2.35. The van der Waals surface area contributed by atoms with Gasteiger partial charge < -0.3 is 20.0 Å². The first kappa shape index (κ1) is 18.0. The Morgan fingerprint density at radius 2 is 2.09 bits per heavy atom. The average molecular weight is 448 g/mol. The van der Waals surface area contributed by atoms with Crippen molar-refractivity contribution in [3.8, 4) is 0 Å². The average Bonchev–Trinajstić information content (AvgIpc) is 3.16. The van der Waals surface area contributed by atoms with Gasteiger partial charge >= 0.3 is 0 Å². The Balaban J connectivity index is 0.00000192. The third kappa shape index (κ3) is 4.34. The summed E-state index contributed by atoms with van der Waals surface area (Å²) in [5.74, 6) is 1.99. The molecule has 1 aliphatic rings. The van der Waals surface area contributed by atoms with Crippen molar-refractivity contribution in [2.75, 3.05) is 31.1 Å². The highest BCUT2D eigenvalue weighted by molar-refractivity contribution is 14.0. The SMILES string of the molecule is Cc1nc(CN=C(N)N2CCN(c3nccs3)CC2)oc1C.I. The number of aliphatic imine (C=N–C) groups is 1. The molecule has 0 atom stereocenters. The van der Waals surface area contributed by atoms with Crippen LogP contribution in [0.2, 0.25) is 0 Å². The van der Waals surface area contributed by atoms with Gasteiger partial charge in [-0.3, -0.25) is 0 Å². The lowest BCUT2D eigenvalue weighted by Gasteiger charge is -2.35. The molecule has 3 rings (SSSR count).